The summed E-state index contributed by atoms with van der Waals surface area (Å²) >= 11 is 11.7. The number of hydrogen-bond donors (Lipinski definition) is 0. The Morgan fingerprint density at radius 3 is 2.44 bits per heavy atom. The number of aromatic nitrogens is 4. The van der Waals surface area contributed by atoms with Crippen LogP contribution in [0.4, 0.5) is 5.69 Å². The van der Waals surface area contributed by atoms with Crippen molar-refractivity contribution in [3.63, 3.8) is 0 Å². The van der Waals surface area contributed by atoms with Crippen molar-refractivity contribution in [2.24, 2.45) is 0 Å². The van der Waals surface area contributed by atoms with Gasteiger partial charge in [0.2, 0.25) is 5.16 Å². The lowest BCUT2D eigenvalue weighted by molar-refractivity contribution is 0.885. The molecule has 0 bridgehead atoms. The first-order chi connectivity index (χ1) is 13.0. The molecule has 10 heteroatoms. The molecule has 0 spiro atoms. The lowest BCUT2D eigenvalue weighted by Gasteiger charge is -2.14. The number of anilines is 1. The molecule has 0 saturated carbocycles. The Bertz CT molecular complexity index is 1040. The zero-order valence-electron chi connectivity index (χ0n) is 14.3. The van der Waals surface area contributed by atoms with E-state index in [1.807, 2.05) is 25.5 Å². The Morgan fingerprint density at radius 2 is 1.85 bits per heavy atom. The number of benzene rings is 1. The van der Waals surface area contributed by atoms with Crippen LogP contribution in [0.2, 0.25) is 0 Å². The van der Waals surface area contributed by atoms with Crippen LogP contribution in [-0.4, -0.2) is 33.8 Å². The first kappa shape index (κ1) is 19.1. The third-order valence-electron chi connectivity index (χ3n) is 3.71. The van der Waals surface area contributed by atoms with Gasteiger partial charge in [0.15, 0.2) is 10.2 Å². The maximum absolute atomic E-state index is 4.52. The first-order valence-electron chi connectivity index (χ1n) is 7.79. The van der Waals surface area contributed by atoms with Gasteiger partial charge in [0.25, 0.3) is 0 Å². The van der Waals surface area contributed by atoms with Crippen LogP contribution >= 0.6 is 66.3 Å². The zero-order chi connectivity index (χ0) is 19.0. The van der Waals surface area contributed by atoms with E-state index in [2.05, 4.69) is 86.8 Å². The van der Waals surface area contributed by atoms with Gasteiger partial charge in [-0.3, -0.25) is 4.57 Å². The van der Waals surface area contributed by atoms with Crippen molar-refractivity contribution in [2.75, 3.05) is 19.0 Å². The molecule has 0 aliphatic rings. The fourth-order valence-corrected chi connectivity index (χ4v) is 6.36. The molecule has 0 saturated heterocycles. The highest BCUT2D eigenvalue weighted by molar-refractivity contribution is 9.13. The molecular formula is C17H13Br2N5S3. The summed E-state index contributed by atoms with van der Waals surface area (Å²) in [6, 6.07) is 12.5. The molecule has 0 unspecified atom stereocenters. The minimum absolute atomic E-state index is 0.782. The normalized spacial score (nSPS) is 11.1. The summed E-state index contributed by atoms with van der Waals surface area (Å²) < 4.78 is 4.74. The molecule has 3 aromatic heterocycles. The van der Waals surface area contributed by atoms with Crippen molar-refractivity contribution < 1.29 is 0 Å². The summed E-state index contributed by atoms with van der Waals surface area (Å²) in [4.78, 5) is 7.67. The van der Waals surface area contributed by atoms with Crippen LogP contribution in [0, 0.1) is 0 Å². The van der Waals surface area contributed by atoms with Gasteiger partial charge in [0, 0.05) is 25.5 Å². The predicted molar refractivity (Wildman–Crippen MR) is 121 cm³/mol. The van der Waals surface area contributed by atoms with Gasteiger partial charge in [-0.25, -0.2) is 4.98 Å². The molecule has 27 heavy (non-hydrogen) atoms. The molecule has 0 atom stereocenters. The molecule has 5 nitrogen and oxygen atoms in total. The van der Waals surface area contributed by atoms with Crippen LogP contribution in [0.3, 0.4) is 0 Å². The summed E-state index contributed by atoms with van der Waals surface area (Å²) in [5, 5.41) is 11.7. The molecule has 0 radical (unpaired) electrons. The first-order valence-corrected chi connectivity index (χ1v) is 11.9. The lowest BCUT2D eigenvalue weighted by atomic mass is 10.2. The third-order valence-corrected chi connectivity index (χ3v) is 8.65. The van der Waals surface area contributed by atoms with E-state index in [0.29, 0.717) is 0 Å². The van der Waals surface area contributed by atoms with Crippen molar-refractivity contribution in [1.29, 1.82) is 0 Å². The van der Waals surface area contributed by atoms with Crippen molar-refractivity contribution in [1.82, 2.24) is 19.7 Å². The Hall–Kier alpha value is -1.20. The second-order valence-electron chi connectivity index (χ2n) is 5.68. The Balaban J connectivity index is 1.80. The minimum atomic E-state index is 0.782. The maximum atomic E-state index is 4.52. The van der Waals surface area contributed by atoms with Gasteiger partial charge in [-0.15, -0.1) is 21.5 Å². The van der Waals surface area contributed by atoms with E-state index >= 15 is 0 Å². The van der Waals surface area contributed by atoms with E-state index in [4.69, 9.17) is 0 Å². The quantitative estimate of drug-likeness (QED) is 0.300. The molecule has 138 valence electrons. The predicted octanol–water partition coefficient (Wildman–Crippen LogP) is 6.19. The summed E-state index contributed by atoms with van der Waals surface area (Å²) in [5.41, 5.74) is 2.16. The molecule has 3 heterocycles. The van der Waals surface area contributed by atoms with Crippen LogP contribution in [-0.2, 0) is 0 Å². The van der Waals surface area contributed by atoms with Crippen LogP contribution in [0.25, 0.3) is 16.4 Å². The molecule has 0 N–H and O–H groups in total. The van der Waals surface area contributed by atoms with Gasteiger partial charge in [0.1, 0.15) is 8.39 Å². The van der Waals surface area contributed by atoms with Crippen LogP contribution in [0.1, 0.15) is 0 Å². The van der Waals surface area contributed by atoms with E-state index in [1.54, 1.807) is 22.7 Å². The van der Waals surface area contributed by atoms with E-state index in [9.17, 15) is 0 Å². The third kappa shape index (κ3) is 4.00. The second-order valence-corrected chi connectivity index (χ2v) is 10.9. The molecular weight excluding hydrogens is 530 g/mol. The molecule has 0 fully saturated rings. The monoisotopic (exact) mass is 541 g/mol. The number of rotatable bonds is 5. The summed E-state index contributed by atoms with van der Waals surface area (Å²) in [6.07, 6.45) is 0. The number of hydrogen-bond acceptors (Lipinski definition) is 7. The highest BCUT2D eigenvalue weighted by atomic mass is 79.9. The number of nitrogens with zero attached hydrogens (tertiary/aromatic N) is 5. The van der Waals surface area contributed by atoms with Crippen molar-refractivity contribution >= 4 is 72.0 Å². The fourth-order valence-electron chi connectivity index (χ4n) is 2.42. The Kier molecular flexibility index (Phi) is 5.70. The zero-order valence-corrected chi connectivity index (χ0v) is 19.9. The summed E-state index contributed by atoms with van der Waals surface area (Å²) in [5.74, 6) is 0.833. The topological polar surface area (TPSA) is 46.8 Å². The van der Waals surface area contributed by atoms with E-state index in [0.717, 1.165) is 40.0 Å². The van der Waals surface area contributed by atoms with Gasteiger partial charge in [-0.05, 0) is 79.3 Å². The van der Waals surface area contributed by atoms with Crippen molar-refractivity contribution in [2.45, 2.75) is 9.50 Å². The number of halogens is 2. The summed E-state index contributed by atoms with van der Waals surface area (Å²) in [6.45, 7) is 0. The van der Waals surface area contributed by atoms with Crippen LogP contribution in [0.15, 0.2) is 59.7 Å². The lowest BCUT2D eigenvalue weighted by Crippen LogP contribution is -2.08. The molecule has 0 aliphatic heterocycles. The van der Waals surface area contributed by atoms with Crippen LogP contribution < -0.4 is 4.90 Å². The minimum Gasteiger partial charge on any atom is -0.378 e. The maximum Gasteiger partial charge on any atom is 0.203 e. The molecule has 0 aliphatic carbocycles. The van der Waals surface area contributed by atoms with Gasteiger partial charge in [-0.1, -0.05) is 17.4 Å². The molecule has 1 aromatic carbocycles. The Labute approximate surface area is 185 Å². The molecule has 4 aromatic rings. The van der Waals surface area contributed by atoms with E-state index in [-0.39, 0.29) is 0 Å². The van der Waals surface area contributed by atoms with Gasteiger partial charge in [0.05, 0.1) is 4.88 Å². The Morgan fingerprint density at radius 1 is 1.07 bits per heavy atom. The standard InChI is InChI=1S/C17H13Br2N5S3/c1-23(2)10-5-7-11(8-6-10)24-15(12-4-3-9-25-12)21-22-16(24)27-17-20-13(18)14(19)26-17/h3-9H,1-2H3. The highest BCUT2D eigenvalue weighted by Crippen LogP contribution is 2.39. The highest BCUT2D eigenvalue weighted by Gasteiger charge is 2.19. The van der Waals surface area contributed by atoms with E-state index < -0.39 is 0 Å². The SMILES string of the molecule is CN(C)c1ccc(-n2c(Sc3nc(Br)c(Br)s3)nnc2-c2cccs2)cc1. The fraction of sp³-hybridized carbons (Fsp3) is 0.118. The van der Waals surface area contributed by atoms with Gasteiger partial charge < -0.3 is 4.90 Å². The van der Waals surface area contributed by atoms with Crippen LogP contribution in [0.5, 0.6) is 0 Å². The molecule has 4 rings (SSSR count). The number of thiazole rings is 1. The largest absolute Gasteiger partial charge is 0.378 e. The van der Waals surface area contributed by atoms with Gasteiger partial charge in [-0.2, -0.15) is 0 Å². The summed E-state index contributed by atoms with van der Waals surface area (Å²) in [7, 11) is 4.06. The smallest absolute Gasteiger partial charge is 0.203 e. The van der Waals surface area contributed by atoms with Crippen molar-refractivity contribution in [3.8, 4) is 16.4 Å². The van der Waals surface area contributed by atoms with Gasteiger partial charge >= 0.3 is 0 Å². The number of thiophene rings is 1. The average molecular weight is 543 g/mol. The van der Waals surface area contributed by atoms with Crippen molar-refractivity contribution in [3.05, 3.63) is 50.2 Å². The molecule has 0 amide bonds. The van der Waals surface area contributed by atoms with E-state index in [1.165, 1.54) is 11.8 Å². The second kappa shape index (κ2) is 8.04. The average Bonchev–Trinajstić information content (AvgIpc) is 3.36.